The topological polar surface area (TPSA) is 104 Å². The fourth-order valence-corrected chi connectivity index (χ4v) is 4.67. The van der Waals surface area contributed by atoms with Gasteiger partial charge >= 0.3 is 6.09 Å². The summed E-state index contributed by atoms with van der Waals surface area (Å²) < 4.78 is 34.8. The molecule has 3 aliphatic rings. The van der Waals surface area contributed by atoms with Gasteiger partial charge in [0.05, 0.1) is 30.9 Å². The van der Waals surface area contributed by atoms with Crippen molar-refractivity contribution in [1.82, 2.24) is 10.3 Å². The average Bonchev–Trinajstić information content (AvgIpc) is 3.32. The maximum Gasteiger partial charge on any atom is 0.412 e. The zero-order valence-corrected chi connectivity index (χ0v) is 18.9. The summed E-state index contributed by atoms with van der Waals surface area (Å²) >= 11 is 0. The fourth-order valence-electron chi connectivity index (χ4n) is 4.67. The maximum atomic E-state index is 14.7. The molecule has 184 valence electrons. The second-order valence-electron chi connectivity index (χ2n) is 8.98. The van der Waals surface area contributed by atoms with Crippen LogP contribution in [-0.2, 0) is 14.3 Å². The van der Waals surface area contributed by atoms with Gasteiger partial charge in [-0.25, -0.2) is 18.6 Å². The van der Waals surface area contributed by atoms with Gasteiger partial charge < -0.3 is 14.5 Å². The van der Waals surface area contributed by atoms with E-state index >= 15 is 0 Å². The Morgan fingerprint density at radius 1 is 1.09 bits per heavy atom. The molecule has 0 spiro atoms. The number of carbonyl (C=O) groups is 3. The average molecular weight is 485 g/mol. The van der Waals surface area contributed by atoms with Crippen LogP contribution in [0.25, 0.3) is 0 Å². The van der Waals surface area contributed by atoms with Crippen molar-refractivity contribution in [3.05, 3.63) is 47.7 Å². The zero-order valence-electron chi connectivity index (χ0n) is 18.9. The molecule has 1 unspecified atom stereocenters. The van der Waals surface area contributed by atoms with Crippen molar-refractivity contribution in [3.63, 3.8) is 0 Å². The summed E-state index contributed by atoms with van der Waals surface area (Å²) in [6.45, 7) is 2.51. The molecule has 3 amide bonds. The molecule has 1 aromatic heterocycles. The van der Waals surface area contributed by atoms with Crippen LogP contribution in [-0.4, -0.2) is 55.2 Å². The van der Waals surface area contributed by atoms with Gasteiger partial charge in [-0.1, -0.05) is 0 Å². The standard InChI is InChI=1S/C24H25F2N5O4/c25-18-9-15(10-19(26)22(18)17-4-6-21(32)29-23(17)33)31-12-16(13-31)35-24(34)28-14-3-5-20(27-11-14)30-7-1-2-8-30/h3,5,9-11,16-17H,1-2,4,6-8,12-13H2,(H,28,34)(H,29,32,33). The molecule has 2 aromatic rings. The third kappa shape index (κ3) is 4.89. The van der Waals surface area contributed by atoms with Crippen LogP contribution in [0, 0.1) is 11.6 Å². The lowest BCUT2D eigenvalue weighted by molar-refractivity contribution is -0.134. The first-order chi connectivity index (χ1) is 16.9. The second-order valence-corrected chi connectivity index (χ2v) is 8.98. The Balaban J connectivity index is 1.14. The zero-order chi connectivity index (χ0) is 24.5. The number of pyridine rings is 1. The van der Waals surface area contributed by atoms with Crippen molar-refractivity contribution in [3.8, 4) is 0 Å². The third-order valence-electron chi connectivity index (χ3n) is 6.56. The van der Waals surface area contributed by atoms with Crippen LogP contribution in [0.3, 0.4) is 0 Å². The van der Waals surface area contributed by atoms with Crippen LogP contribution in [0.15, 0.2) is 30.5 Å². The van der Waals surface area contributed by atoms with Crippen molar-refractivity contribution in [2.75, 3.05) is 41.3 Å². The lowest BCUT2D eigenvalue weighted by atomic mass is 9.89. The quantitative estimate of drug-likeness (QED) is 0.628. The van der Waals surface area contributed by atoms with Crippen molar-refractivity contribution < 1.29 is 27.9 Å². The lowest BCUT2D eigenvalue weighted by Crippen LogP contribution is -2.53. The van der Waals surface area contributed by atoms with E-state index in [-0.39, 0.29) is 37.2 Å². The van der Waals surface area contributed by atoms with Crippen molar-refractivity contribution in [2.24, 2.45) is 0 Å². The Kier molecular flexibility index (Phi) is 6.23. The minimum Gasteiger partial charge on any atom is -0.442 e. The van der Waals surface area contributed by atoms with E-state index in [1.54, 1.807) is 17.2 Å². The molecule has 0 radical (unpaired) electrons. The molecule has 0 aliphatic carbocycles. The number of imide groups is 1. The van der Waals surface area contributed by atoms with Gasteiger partial charge in [0, 0.05) is 30.8 Å². The predicted molar refractivity (Wildman–Crippen MR) is 123 cm³/mol. The van der Waals surface area contributed by atoms with E-state index in [1.807, 2.05) is 6.07 Å². The number of anilines is 3. The lowest BCUT2D eigenvalue weighted by Gasteiger charge is -2.40. The number of aromatic nitrogens is 1. The fraction of sp³-hybridized carbons (Fsp3) is 0.417. The van der Waals surface area contributed by atoms with Gasteiger partial charge in [-0.2, -0.15) is 0 Å². The molecule has 3 aliphatic heterocycles. The molecule has 1 aromatic carbocycles. The second kappa shape index (κ2) is 9.47. The van der Waals surface area contributed by atoms with E-state index in [1.165, 1.54) is 0 Å². The number of hydrogen-bond acceptors (Lipinski definition) is 7. The first-order valence-electron chi connectivity index (χ1n) is 11.6. The van der Waals surface area contributed by atoms with Crippen molar-refractivity contribution >= 4 is 35.1 Å². The largest absolute Gasteiger partial charge is 0.442 e. The summed E-state index contributed by atoms with van der Waals surface area (Å²) in [5.74, 6) is -3.01. The number of halogens is 2. The SMILES string of the molecule is O=C1CCC(c2c(F)cc(N3CC(OC(=O)Nc4ccc(N5CCCC5)nc4)C3)cc2F)C(=O)N1. The number of hydrogen-bond donors (Lipinski definition) is 2. The molecule has 1 atom stereocenters. The van der Waals surface area contributed by atoms with E-state index < -0.39 is 41.6 Å². The first kappa shape index (κ1) is 23.0. The van der Waals surface area contributed by atoms with Gasteiger partial charge in [-0.3, -0.25) is 20.2 Å². The van der Waals surface area contributed by atoms with Gasteiger partial charge in [-0.15, -0.1) is 0 Å². The molecule has 3 saturated heterocycles. The molecular weight excluding hydrogens is 460 g/mol. The highest BCUT2D eigenvalue weighted by Gasteiger charge is 2.35. The van der Waals surface area contributed by atoms with Crippen LogP contribution in [0.2, 0.25) is 0 Å². The van der Waals surface area contributed by atoms with Crippen LogP contribution in [0.5, 0.6) is 0 Å². The number of amides is 3. The monoisotopic (exact) mass is 485 g/mol. The normalized spacial score (nSPS) is 20.5. The molecule has 5 rings (SSSR count). The highest BCUT2D eigenvalue weighted by Crippen LogP contribution is 2.33. The smallest absolute Gasteiger partial charge is 0.412 e. The molecule has 0 saturated carbocycles. The van der Waals surface area contributed by atoms with E-state index in [0.717, 1.165) is 43.9 Å². The number of ether oxygens (including phenoxy) is 1. The molecular formula is C24H25F2N5O4. The molecule has 3 fully saturated rings. The number of nitrogens with one attached hydrogen (secondary N) is 2. The molecule has 2 N–H and O–H groups in total. The Morgan fingerprint density at radius 3 is 2.43 bits per heavy atom. The Morgan fingerprint density at radius 2 is 1.80 bits per heavy atom. The van der Waals surface area contributed by atoms with E-state index in [2.05, 4.69) is 20.5 Å². The number of carbonyl (C=O) groups excluding carboxylic acids is 3. The van der Waals surface area contributed by atoms with Crippen LogP contribution in [0.4, 0.5) is 30.8 Å². The Hall–Kier alpha value is -3.76. The molecule has 35 heavy (non-hydrogen) atoms. The highest BCUT2D eigenvalue weighted by molar-refractivity contribution is 6.01. The first-order valence-corrected chi connectivity index (χ1v) is 11.6. The summed E-state index contributed by atoms with van der Waals surface area (Å²) in [5, 5.41) is 4.76. The molecule has 9 nitrogen and oxygen atoms in total. The summed E-state index contributed by atoms with van der Waals surface area (Å²) in [5.41, 5.74) is 0.469. The number of piperidine rings is 1. The molecule has 4 heterocycles. The summed E-state index contributed by atoms with van der Waals surface area (Å²) in [4.78, 5) is 43.8. The number of rotatable bonds is 5. The minimum absolute atomic E-state index is 0.0307. The maximum absolute atomic E-state index is 14.7. The Bertz CT molecular complexity index is 1120. The molecule has 0 bridgehead atoms. The van der Waals surface area contributed by atoms with Gasteiger partial charge in [-0.05, 0) is 43.5 Å². The summed E-state index contributed by atoms with van der Waals surface area (Å²) in [6.07, 6.45) is 2.90. The van der Waals surface area contributed by atoms with Gasteiger partial charge in [0.25, 0.3) is 0 Å². The number of benzene rings is 1. The van der Waals surface area contributed by atoms with Crippen molar-refractivity contribution in [2.45, 2.75) is 37.7 Å². The van der Waals surface area contributed by atoms with Crippen LogP contribution >= 0.6 is 0 Å². The minimum atomic E-state index is -1.04. The third-order valence-corrected chi connectivity index (χ3v) is 6.56. The van der Waals surface area contributed by atoms with E-state index in [4.69, 9.17) is 4.74 Å². The highest BCUT2D eigenvalue weighted by atomic mass is 19.1. The van der Waals surface area contributed by atoms with Crippen LogP contribution < -0.4 is 20.4 Å². The Labute approximate surface area is 200 Å². The molecule has 11 heteroatoms. The summed E-state index contributed by atoms with van der Waals surface area (Å²) in [7, 11) is 0. The van der Waals surface area contributed by atoms with E-state index in [0.29, 0.717) is 5.69 Å². The van der Waals surface area contributed by atoms with E-state index in [9.17, 15) is 23.2 Å². The van der Waals surface area contributed by atoms with Crippen molar-refractivity contribution in [1.29, 1.82) is 0 Å². The number of nitrogens with zero attached hydrogens (tertiary/aromatic N) is 3. The summed E-state index contributed by atoms with van der Waals surface area (Å²) in [6, 6.07) is 5.94. The van der Waals surface area contributed by atoms with Gasteiger partial charge in [0.15, 0.2) is 0 Å². The van der Waals surface area contributed by atoms with Crippen LogP contribution in [0.1, 0.15) is 37.2 Å². The van der Waals surface area contributed by atoms with Gasteiger partial charge in [0.1, 0.15) is 23.6 Å². The van der Waals surface area contributed by atoms with Gasteiger partial charge in [0.2, 0.25) is 11.8 Å². The predicted octanol–water partition coefficient (Wildman–Crippen LogP) is 2.92.